The molecule has 130 valence electrons. The van der Waals surface area contributed by atoms with E-state index in [1.165, 1.54) is 0 Å². The second kappa shape index (κ2) is 6.19. The van der Waals surface area contributed by atoms with Crippen molar-refractivity contribution >= 4 is 32.9 Å². The number of ether oxygens (including phenoxy) is 1. The van der Waals surface area contributed by atoms with E-state index >= 15 is 0 Å². The van der Waals surface area contributed by atoms with Crippen molar-refractivity contribution in [2.24, 2.45) is 12.8 Å². The molecule has 1 amide bonds. The van der Waals surface area contributed by atoms with E-state index in [0.29, 0.717) is 0 Å². The highest BCUT2D eigenvalue weighted by molar-refractivity contribution is 9.10. The molecule has 2 aromatic heterocycles. The molecule has 0 aliphatic heterocycles. The maximum Gasteiger partial charge on any atom is 0.267 e. The molecule has 0 bridgehead atoms. The number of benzene rings is 1. The van der Waals surface area contributed by atoms with E-state index in [4.69, 9.17) is 10.5 Å². The molecular formula is C19H20BrN3O2. The fourth-order valence-electron chi connectivity index (χ4n) is 3.26. The van der Waals surface area contributed by atoms with Crippen molar-refractivity contribution in [2.45, 2.75) is 20.8 Å². The molecule has 3 aromatic rings. The van der Waals surface area contributed by atoms with Crippen molar-refractivity contribution in [3.63, 3.8) is 0 Å². The van der Waals surface area contributed by atoms with Crippen LogP contribution in [0.5, 0.6) is 5.75 Å². The standard InChI is InChI=1S/C19H20BrN3O2/c1-9-6-7-14(25-5)10(2)15(9)12-8-13(18(21)24)22-19-16(12)17(20)11(3)23(19)4/h6-8H,1-5H3,(H2,21,24). The monoisotopic (exact) mass is 401 g/mol. The van der Waals surface area contributed by atoms with E-state index in [2.05, 4.69) is 20.9 Å². The molecule has 0 aliphatic rings. The summed E-state index contributed by atoms with van der Waals surface area (Å²) in [5, 5.41) is 0.962. The minimum Gasteiger partial charge on any atom is -0.496 e. The molecule has 6 heteroatoms. The van der Waals surface area contributed by atoms with Gasteiger partial charge < -0.3 is 15.0 Å². The zero-order chi connectivity index (χ0) is 18.5. The summed E-state index contributed by atoms with van der Waals surface area (Å²) in [5.74, 6) is 0.256. The Hall–Kier alpha value is -2.34. The second-order valence-electron chi connectivity index (χ2n) is 6.16. The number of amides is 1. The molecule has 3 rings (SSSR count). The minimum absolute atomic E-state index is 0.247. The number of fused-ring (bicyclic) bond motifs is 1. The quantitative estimate of drug-likeness (QED) is 0.719. The van der Waals surface area contributed by atoms with Crippen molar-refractivity contribution in [2.75, 3.05) is 7.11 Å². The van der Waals surface area contributed by atoms with Gasteiger partial charge in [-0.05, 0) is 71.1 Å². The van der Waals surface area contributed by atoms with Gasteiger partial charge in [-0.3, -0.25) is 4.79 Å². The van der Waals surface area contributed by atoms with Crippen LogP contribution in [0.15, 0.2) is 22.7 Å². The Labute approximate surface area is 154 Å². The summed E-state index contributed by atoms with van der Waals surface area (Å²) in [7, 11) is 3.58. The molecule has 0 aliphatic carbocycles. The molecule has 0 radical (unpaired) electrons. The maximum atomic E-state index is 11.8. The molecule has 0 saturated heterocycles. The number of methoxy groups -OCH3 is 1. The van der Waals surface area contributed by atoms with Crippen LogP contribution in [0.25, 0.3) is 22.2 Å². The van der Waals surface area contributed by atoms with Gasteiger partial charge in [0, 0.05) is 22.6 Å². The Morgan fingerprint density at radius 2 is 1.96 bits per heavy atom. The van der Waals surface area contributed by atoms with Gasteiger partial charge in [-0.25, -0.2) is 4.98 Å². The van der Waals surface area contributed by atoms with Crippen LogP contribution in [-0.4, -0.2) is 22.6 Å². The highest BCUT2D eigenvalue weighted by atomic mass is 79.9. The van der Waals surface area contributed by atoms with Gasteiger partial charge in [-0.1, -0.05) is 6.07 Å². The number of rotatable bonds is 3. The number of carbonyl (C=O) groups is 1. The fourth-order valence-corrected chi connectivity index (χ4v) is 3.92. The maximum absolute atomic E-state index is 11.8. The van der Waals surface area contributed by atoms with Crippen LogP contribution in [0, 0.1) is 20.8 Å². The fraction of sp³-hybridized carbons (Fsp3) is 0.263. The molecule has 0 fully saturated rings. The number of halogens is 1. The highest BCUT2D eigenvalue weighted by Crippen LogP contribution is 2.41. The summed E-state index contributed by atoms with van der Waals surface area (Å²) < 4.78 is 8.41. The van der Waals surface area contributed by atoms with Gasteiger partial charge in [0.25, 0.3) is 5.91 Å². The SMILES string of the molecule is COc1ccc(C)c(-c2cc(C(N)=O)nc3c2c(Br)c(C)n3C)c1C. The summed E-state index contributed by atoms with van der Waals surface area (Å²) in [6.45, 7) is 6.06. The lowest BCUT2D eigenvalue weighted by atomic mass is 9.93. The average molecular weight is 402 g/mol. The number of hydrogen-bond acceptors (Lipinski definition) is 3. The first-order valence-electron chi connectivity index (χ1n) is 7.87. The first-order valence-corrected chi connectivity index (χ1v) is 8.67. The van der Waals surface area contributed by atoms with Crippen LogP contribution in [0.2, 0.25) is 0 Å². The first kappa shape index (κ1) is 17.5. The normalized spacial score (nSPS) is 11.1. The van der Waals surface area contributed by atoms with Crippen molar-refractivity contribution in [1.29, 1.82) is 0 Å². The lowest BCUT2D eigenvalue weighted by Crippen LogP contribution is -2.14. The summed E-state index contributed by atoms with van der Waals surface area (Å²) >= 11 is 3.69. The smallest absolute Gasteiger partial charge is 0.267 e. The van der Waals surface area contributed by atoms with Crippen LogP contribution < -0.4 is 10.5 Å². The Kier molecular flexibility index (Phi) is 4.33. The van der Waals surface area contributed by atoms with Gasteiger partial charge in [-0.15, -0.1) is 0 Å². The Bertz CT molecular complexity index is 1020. The molecule has 0 spiro atoms. The summed E-state index contributed by atoms with van der Waals surface area (Å²) in [4.78, 5) is 16.3. The van der Waals surface area contributed by atoms with Crippen LogP contribution >= 0.6 is 15.9 Å². The molecule has 0 atom stereocenters. The van der Waals surface area contributed by atoms with E-state index < -0.39 is 5.91 Å². The van der Waals surface area contributed by atoms with Crippen LogP contribution in [0.3, 0.4) is 0 Å². The average Bonchev–Trinajstić information content (AvgIpc) is 2.79. The van der Waals surface area contributed by atoms with Crippen LogP contribution in [0.4, 0.5) is 0 Å². The molecule has 0 unspecified atom stereocenters. The van der Waals surface area contributed by atoms with Gasteiger partial charge >= 0.3 is 0 Å². The predicted octanol–water partition coefficient (Wildman–Crippen LogP) is 4.04. The molecule has 2 heterocycles. The largest absolute Gasteiger partial charge is 0.496 e. The van der Waals surface area contributed by atoms with Crippen molar-refractivity contribution in [3.05, 3.63) is 45.2 Å². The van der Waals surface area contributed by atoms with Crippen LogP contribution in [0.1, 0.15) is 27.3 Å². The first-order chi connectivity index (χ1) is 11.8. The molecule has 25 heavy (non-hydrogen) atoms. The Balaban J connectivity index is 2.52. The van der Waals surface area contributed by atoms with E-state index in [-0.39, 0.29) is 5.69 Å². The van der Waals surface area contributed by atoms with Crippen molar-refractivity contribution in [3.8, 4) is 16.9 Å². The van der Waals surface area contributed by atoms with Crippen molar-refractivity contribution in [1.82, 2.24) is 9.55 Å². The Morgan fingerprint density at radius 1 is 1.28 bits per heavy atom. The summed E-state index contributed by atoms with van der Waals surface area (Å²) in [6.07, 6.45) is 0. The minimum atomic E-state index is -0.545. The highest BCUT2D eigenvalue weighted by Gasteiger charge is 2.21. The summed E-state index contributed by atoms with van der Waals surface area (Å²) in [6, 6.07) is 5.73. The van der Waals surface area contributed by atoms with Gasteiger partial charge in [0.15, 0.2) is 0 Å². The molecule has 5 nitrogen and oxygen atoms in total. The van der Waals surface area contributed by atoms with E-state index in [9.17, 15) is 4.79 Å². The van der Waals surface area contributed by atoms with Crippen LogP contribution in [-0.2, 0) is 7.05 Å². The number of carbonyl (C=O) groups excluding carboxylic acids is 1. The molecule has 0 saturated carbocycles. The zero-order valence-corrected chi connectivity index (χ0v) is 16.5. The van der Waals surface area contributed by atoms with Gasteiger partial charge in [0.05, 0.1) is 7.11 Å². The van der Waals surface area contributed by atoms with Gasteiger partial charge in [0.2, 0.25) is 0 Å². The molecule has 1 aromatic carbocycles. The van der Waals surface area contributed by atoms with E-state index in [0.717, 1.165) is 49.2 Å². The van der Waals surface area contributed by atoms with E-state index in [1.807, 2.05) is 44.5 Å². The lowest BCUT2D eigenvalue weighted by molar-refractivity contribution is 0.0996. The van der Waals surface area contributed by atoms with E-state index in [1.54, 1.807) is 13.2 Å². The molecular weight excluding hydrogens is 382 g/mol. The predicted molar refractivity (Wildman–Crippen MR) is 103 cm³/mol. The topological polar surface area (TPSA) is 70.1 Å². The Morgan fingerprint density at radius 3 is 2.56 bits per heavy atom. The number of hydrogen-bond donors (Lipinski definition) is 1. The van der Waals surface area contributed by atoms with Crippen molar-refractivity contribution < 1.29 is 9.53 Å². The van der Waals surface area contributed by atoms with Gasteiger partial charge in [0.1, 0.15) is 17.1 Å². The number of aromatic nitrogens is 2. The number of nitrogens with two attached hydrogens (primary N) is 1. The number of primary amides is 1. The number of pyridine rings is 1. The number of nitrogens with zero attached hydrogens (tertiary/aromatic N) is 2. The van der Waals surface area contributed by atoms with Gasteiger partial charge in [-0.2, -0.15) is 0 Å². The third-order valence-electron chi connectivity index (χ3n) is 4.72. The third kappa shape index (κ3) is 2.61. The lowest BCUT2D eigenvalue weighted by Gasteiger charge is -2.15. The molecule has 2 N–H and O–H groups in total. The summed E-state index contributed by atoms with van der Waals surface area (Å²) in [5.41, 5.74) is 11.6. The number of aryl methyl sites for hydroxylation is 2. The second-order valence-corrected chi connectivity index (χ2v) is 6.95. The zero-order valence-electron chi connectivity index (χ0n) is 14.9. The third-order valence-corrected chi connectivity index (χ3v) is 5.69.